The van der Waals surface area contributed by atoms with Crippen LogP contribution in [0.2, 0.25) is 0 Å². The van der Waals surface area contributed by atoms with Crippen LogP contribution < -0.4 is 5.32 Å². The topological polar surface area (TPSA) is 59.3 Å². The van der Waals surface area contributed by atoms with Crippen molar-refractivity contribution in [2.24, 2.45) is 0 Å². The molecule has 5 nitrogen and oxygen atoms in total. The predicted molar refractivity (Wildman–Crippen MR) is 75.0 cm³/mol. The molecule has 20 heavy (non-hydrogen) atoms. The summed E-state index contributed by atoms with van der Waals surface area (Å²) in [6.07, 6.45) is 3.32. The number of aromatic nitrogens is 3. The number of rotatable bonds is 2. The van der Waals surface area contributed by atoms with Crippen molar-refractivity contribution < 1.29 is 9.18 Å². The molecule has 0 aliphatic rings. The monoisotopic (exact) mass is 334 g/mol. The Morgan fingerprint density at radius 1 is 1.30 bits per heavy atom. The van der Waals surface area contributed by atoms with E-state index in [2.05, 4.69) is 31.4 Å². The third kappa shape index (κ3) is 2.39. The number of nitrogens with one attached hydrogen (secondary N) is 1. The Hall–Kier alpha value is -2.28. The van der Waals surface area contributed by atoms with Gasteiger partial charge in [-0.1, -0.05) is 0 Å². The first-order valence-electron chi connectivity index (χ1n) is 5.69. The smallest absolute Gasteiger partial charge is 0.255 e. The number of fused-ring (bicyclic) bond motifs is 1. The Labute approximate surface area is 121 Å². The van der Waals surface area contributed by atoms with Crippen LogP contribution in [0.4, 0.5) is 10.1 Å². The van der Waals surface area contributed by atoms with Gasteiger partial charge in [-0.25, -0.2) is 4.39 Å². The Bertz CT molecular complexity index is 785. The van der Waals surface area contributed by atoms with Crippen molar-refractivity contribution in [2.75, 3.05) is 5.32 Å². The summed E-state index contributed by atoms with van der Waals surface area (Å²) in [5, 5.41) is 10.5. The summed E-state index contributed by atoms with van der Waals surface area (Å²) in [5.74, 6) is -0.725. The molecule has 0 saturated heterocycles. The first-order valence-corrected chi connectivity index (χ1v) is 6.48. The maximum atomic E-state index is 12.8. The molecule has 0 unspecified atom stereocenters. The third-order valence-corrected chi connectivity index (χ3v) is 3.15. The molecule has 1 amide bonds. The predicted octanol–water partition coefficient (Wildman–Crippen LogP) is 2.88. The largest absolute Gasteiger partial charge is 0.319 e. The molecule has 0 fully saturated rings. The zero-order valence-electron chi connectivity index (χ0n) is 10.0. The highest BCUT2D eigenvalue weighted by Crippen LogP contribution is 2.21. The second-order valence-electron chi connectivity index (χ2n) is 4.09. The lowest BCUT2D eigenvalue weighted by molar-refractivity contribution is 0.102. The molecular formula is C13H8BrFN4O. The number of benzene rings is 1. The highest BCUT2D eigenvalue weighted by Gasteiger charge is 2.11. The van der Waals surface area contributed by atoms with Crippen LogP contribution in [0, 0.1) is 5.82 Å². The zero-order chi connectivity index (χ0) is 14.1. The fourth-order valence-electron chi connectivity index (χ4n) is 1.79. The lowest BCUT2D eigenvalue weighted by Crippen LogP contribution is -2.12. The summed E-state index contributed by atoms with van der Waals surface area (Å²) in [7, 11) is 0. The van der Waals surface area contributed by atoms with E-state index in [9.17, 15) is 9.18 Å². The Morgan fingerprint density at radius 3 is 2.80 bits per heavy atom. The van der Waals surface area contributed by atoms with Crippen molar-refractivity contribution in [3.8, 4) is 0 Å². The van der Waals surface area contributed by atoms with Gasteiger partial charge < -0.3 is 5.32 Å². The van der Waals surface area contributed by atoms with Gasteiger partial charge in [0.2, 0.25) is 0 Å². The molecule has 0 bridgehead atoms. The average Bonchev–Trinajstić information content (AvgIpc) is 2.87. The van der Waals surface area contributed by atoms with Gasteiger partial charge in [0.25, 0.3) is 5.91 Å². The minimum absolute atomic E-state index is 0.340. The van der Waals surface area contributed by atoms with Gasteiger partial charge in [-0.15, -0.1) is 10.2 Å². The SMILES string of the molecule is O=C(Nc1cc(Br)cn2cnnc12)c1ccc(F)cc1. The van der Waals surface area contributed by atoms with Crippen LogP contribution in [0.15, 0.2) is 47.3 Å². The van der Waals surface area contributed by atoms with Gasteiger partial charge >= 0.3 is 0 Å². The lowest BCUT2D eigenvalue weighted by Gasteiger charge is -2.07. The van der Waals surface area contributed by atoms with E-state index in [4.69, 9.17) is 0 Å². The number of hydrogen-bond acceptors (Lipinski definition) is 3. The van der Waals surface area contributed by atoms with Crippen molar-refractivity contribution in [1.29, 1.82) is 0 Å². The van der Waals surface area contributed by atoms with Gasteiger partial charge in [0.1, 0.15) is 12.1 Å². The summed E-state index contributed by atoms with van der Waals surface area (Å²) in [4.78, 5) is 12.1. The molecule has 1 aromatic carbocycles. The minimum atomic E-state index is -0.385. The molecule has 0 saturated carbocycles. The number of anilines is 1. The molecule has 100 valence electrons. The summed E-state index contributed by atoms with van der Waals surface area (Å²) >= 11 is 3.35. The van der Waals surface area contributed by atoms with Crippen molar-refractivity contribution in [3.05, 3.63) is 58.7 Å². The molecular weight excluding hydrogens is 327 g/mol. The number of hydrogen-bond donors (Lipinski definition) is 1. The van der Waals surface area contributed by atoms with Crippen LogP contribution in [0.25, 0.3) is 5.65 Å². The average molecular weight is 335 g/mol. The summed E-state index contributed by atoms with van der Waals surface area (Å²) < 4.78 is 15.3. The van der Waals surface area contributed by atoms with Crippen LogP contribution in [0.3, 0.4) is 0 Å². The van der Waals surface area contributed by atoms with E-state index in [0.717, 1.165) is 4.47 Å². The Kier molecular flexibility index (Phi) is 3.19. The quantitative estimate of drug-likeness (QED) is 0.783. The van der Waals surface area contributed by atoms with Gasteiger partial charge in [-0.3, -0.25) is 9.20 Å². The van der Waals surface area contributed by atoms with E-state index in [1.54, 1.807) is 16.7 Å². The van der Waals surface area contributed by atoms with Gasteiger partial charge in [-0.05, 0) is 46.3 Å². The molecule has 3 aromatic rings. The Morgan fingerprint density at radius 2 is 2.05 bits per heavy atom. The van der Waals surface area contributed by atoms with Gasteiger partial charge in [-0.2, -0.15) is 0 Å². The van der Waals surface area contributed by atoms with Crippen LogP contribution in [-0.2, 0) is 0 Å². The van der Waals surface area contributed by atoms with Gasteiger partial charge in [0.15, 0.2) is 5.65 Å². The number of nitrogens with zero attached hydrogens (tertiary/aromatic N) is 3. The van der Waals surface area contributed by atoms with Crippen LogP contribution >= 0.6 is 15.9 Å². The first-order chi connectivity index (χ1) is 9.63. The molecule has 0 aliphatic heterocycles. The fraction of sp³-hybridized carbons (Fsp3) is 0. The normalized spacial score (nSPS) is 10.7. The fourth-order valence-corrected chi connectivity index (χ4v) is 2.24. The standard InChI is InChI=1S/C13H8BrFN4O/c14-9-5-11(12-18-16-7-19(12)6-9)17-13(20)8-1-3-10(15)4-2-8/h1-7H,(H,17,20). The highest BCUT2D eigenvalue weighted by molar-refractivity contribution is 9.10. The van der Waals surface area contributed by atoms with E-state index in [0.29, 0.717) is 16.9 Å². The van der Waals surface area contributed by atoms with Crippen molar-refractivity contribution in [3.63, 3.8) is 0 Å². The maximum Gasteiger partial charge on any atom is 0.255 e. The van der Waals surface area contributed by atoms with Gasteiger partial charge in [0.05, 0.1) is 5.69 Å². The highest BCUT2D eigenvalue weighted by atomic mass is 79.9. The first kappa shape index (κ1) is 12.7. The number of amides is 1. The number of carbonyl (C=O) groups is 1. The van der Waals surface area contributed by atoms with Crippen molar-refractivity contribution in [1.82, 2.24) is 14.6 Å². The molecule has 7 heteroatoms. The molecule has 0 radical (unpaired) electrons. The maximum absolute atomic E-state index is 12.8. The van der Waals surface area contributed by atoms with E-state index < -0.39 is 0 Å². The van der Waals surface area contributed by atoms with Crippen molar-refractivity contribution in [2.45, 2.75) is 0 Å². The minimum Gasteiger partial charge on any atom is -0.319 e. The van der Waals surface area contributed by atoms with E-state index in [1.165, 1.54) is 30.6 Å². The second-order valence-corrected chi connectivity index (χ2v) is 5.01. The number of halogens is 2. The number of pyridine rings is 1. The van der Waals surface area contributed by atoms with Gasteiger partial charge in [0, 0.05) is 16.2 Å². The third-order valence-electron chi connectivity index (χ3n) is 2.71. The molecule has 2 heterocycles. The summed E-state index contributed by atoms with van der Waals surface area (Å²) in [6.45, 7) is 0. The summed E-state index contributed by atoms with van der Waals surface area (Å²) in [5.41, 5.74) is 1.42. The molecule has 1 N–H and O–H groups in total. The molecule has 2 aromatic heterocycles. The number of carbonyl (C=O) groups excluding carboxylic acids is 1. The zero-order valence-corrected chi connectivity index (χ0v) is 11.6. The molecule has 3 rings (SSSR count). The van der Waals surface area contributed by atoms with Crippen molar-refractivity contribution >= 4 is 33.2 Å². The van der Waals surface area contributed by atoms with Crippen LogP contribution in [-0.4, -0.2) is 20.5 Å². The van der Waals surface area contributed by atoms with E-state index >= 15 is 0 Å². The molecule has 0 aliphatic carbocycles. The second kappa shape index (κ2) is 5.01. The Balaban J connectivity index is 1.94. The molecule has 0 atom stereocenters. The van der Waals surface area contributed by atoms with E-state index in [-0.39, 0.29) is 11.7 Å². The van der Waals surface area contributed by atoms with Crippen LogP contribution in [0.5, 0.6) is 0 Å². The van der Waals surface area contributed by atoms with Crippen LogP contribution in [0.1, 0.15) is 10.4 Å². The summed E-state index contributed by atoms with van der Waals surface area (Å²) in [6, 6.07) is 7.05. The molecule has 0 spiro atoms. The van der Waals surface area contributed by atoms with E-state index in [1.807, 2.05) is 0 Å². The lowest BCUT2D eigenvalue weighted by atomic mass is 10.2.